The Kier molecular flexibility index (Phi) is 3.62. The van der Waals surface area contributed by atoms with Crippen LogP contribution in [0.3, 0.4) is 0 Å². The average molecular weight is 248 g/mol. The summed E-state index contributed by atoms with van der Waals surface area (Å²) in [6.07, 6.45) is 0.503. The van der Waals surface area contributed by atoms with Gasteiger partial charge in [0.25, 0.3) is 0 Å². The molecule has 0 radical (unpaired) electrons. The van der Waals surface area contributed by atoms with Crippen LogP contribution in [0, 0.1) is 5.92 Å². The van der Waals surface area contributed by atoms with Crippen molar-refractivity contribution >= 4 is 11.9 Å². The smallest absolute Gasteiger partial charge is 0.308 e. The van der Waals surface area contributed by atoms with Gasteiger partial charge in [-0.25, -0.2) is 0 Å². The van der Waals surface area contributed by atoms with E-state index in [0.717, 1.165) is 5.56 Å². The van der Waals surface area contributed by atoms with Gasteiger partial charge in [0.2, 0.25) is 5.91 Å². The molecule has 1 saturated heterocycles. The van der Waals surface area contributed by atoms with E-state index in [1.165, 1.54) is 4.90 Å². The van der Waals surface area contributed by atoms with Crippen LogP contribution in [0.1, 0.15) is 18.0 Å². The van der Waals surface area contributed by atoms with E-state index in [9.17, 15) is 9.59 Å². The zero-order valence-electron chi connectivity index (χ0n) is 9.95. The van der Waals surface area contributed by atoms with Crippen molar-refractivity contribution in [1.82, 2.24) is 4.90 Å². The minimum atomic E-state index is -0.849. The third kappa shape index (κ3) is 2.51. The van der Waals surface area contributed by atoms with E-state index in [1.807, 2.05) is 18.2 Å². The maximum atomic E-state index is 12.1. The van der Waals surface area contributed by atoms with E-state index in [4.69, 9.17) is 10.8 Å². The summed E-state index contributed by atoms with van der Waals surface area (Å²) in [5, 5.41) is 8.90. The van der Waals surface area contributed by atoms with Crippen molar-refractivity contribution in [3.63, 3.8) is 0 Å². The molecule has 1 aromatic carbocycles. The molecule has 0 bridgehead atoms. The number of rotatable bonds is 3. The largest absolute Gasteiger partial charge is 0.481 e. The van der Waals surface area contributed by atoms with Crippen molar-refractivity contribution in [3.8, 4) is 0 Å². The van der Waals surface area contributed by atoms with Crippen LogP contribution in [0.15, 0.2) is 30.3 Å². The van der Waals surface area contributed by atoms with Gasteiger partial charge in [0, 0.05) is 13.1 Å². The van der Waals surface area contributed by atoms with Crippen molar-refractivity contribution in [1.29, 1.82) is 0 Å². The second-order valence-corrected chi connectivity index (χ2v) is 4.50. The zero-order valence-corrected chi connectivity index (χ0v) is 9.95. The van der Waals surface area contributed by atoms with E-state index < -0.39 is 17.9 Å². The Morgan fingerprint density at radius 2 is 2.00 bits per heavy atom. The first kappa shape index (κ1) is 12.6. The Labute approximate surface area is 105 Å². The standard InChI is InChI=1S/C13H16N2O3/c14-11(9-4-2-1-3-5-9)12(16)15-7-6-10(8-15)13(17)18/h1-5,10-11H,6-8,14H2,(H,17,18). The lowest BCUT2D eigenvalue weighted by Crippen LogP contribution is -2.37. The number of aliphatic carboxylic acids is 1. The lowest BCUT2D eigenvalue weighted by Gasteiger charge is -2.20. The van der Waals surface area contributed by atoms with E-state index in [2.05, 4.69) is 0 Å². The first-order valence-corrected chi connectivity index (χ1v) is 5.91. The Morgan fingerprint density at radius 3 is 2.56 bits per heavy atom. The quantitative estimate of drug-likeness (QED) is 0.821. The van der Waals surface area contributed by atoms with Gasteiger partial charge < -0.3 is 15.7 Å². The summed E-state index contributed by atoms with van der Waals surface area (Å²) in [5.41, 5.74) is 6.65. The van der Waals surface area contributed by atoms with Crippen molar-refractivity contribution in [2.75, 3.05) is 13.1 Å². The SMILES string of the molecule is NC(C(=O)N1CCC(C(=O)O)C1)c1ccccc1. The number of carbonyl (C=O) groups is 2. The van der Waals surface area contributed by atoms with Gasteiger partial charge in [-0.05, 0) is 12.0 Å². The normalized spacial score (nSPS) is 20.7. The molecule has 0 spiro atoms. The minimum absolute atomic E-state index is 0.204. The molecule has 3 N–H and O–H groups in total. The van der Waals surface area contributed by atoms with Gasteiger partial charge in [-0.2, -0.15) is 0 Å². The summed E-state index contributed by atoms with van der Waals surface area (Å²) in [7, 11) is 0. The van der Waals surface area contributed by atoms with Crippen molar-refractivity contribution in [2.45, 2.75) is 12.5 Å². The first-order valence-electron chi connectivity index (χ1n) is 5.91. The van der Waals surface area contributed by atoms with Crippen molar-refractivity contribution in [2.24, 2.45) is 11.7 Å². The summed E-state index contributed by atoms with van der Waals surface area (Å²) < 4.78 is 0. The van der Waals surface area contributed by atoms with Crippen LogP contribution < -0.4 is 5.73 Å². The van der Waals surface area contributed by atoms with Crippen LogP contribution in [0.5, 0.6) is 0 Å². The molecule has 2 unspecified atom stereocenters. The first-order chi connectivity index (χ1) is 8.59. The number of carboxylic acids is 1. The Balaban J connectivity index is 2.02. The minimum Gasteiger partial charge on any atom is -0.481 e. The number of carboxylic acid groups (broad SMARTS) is 1. The summed E-state index contributed by atoms with van der Waals surface area (Å²) in [5.74, 6) is -1.51. The molecule has 1 aliphatic heterocycles. The lowest BCUT2D eigenvalue weighted by atomic mass is 10.1. The van der Waals surface area contributed by atoms with Crippen molar-refractivity contribution in [3.05, 3.63) is 35.9 Å². The highest BCUT2D eigenvalue weighted by Gasteiger charge is 2.33. The van der Waals surface area contributed by atoms with Crippen LogP contribution in [0.4, 0.5) is 0 Å². The molecule has 5 heteroatoms. The maximum Gasteiger partial charge on any atom is 0.308 e. The molecule has 1 aliphatic rings. The molecule has 2 rings (SSSR count). The summed E-state index contributed by atoms with van der Waals surface area (Å²) in [4.78, 5) is 24.5. The molecule has 1 aromatic rings. The van der Waals surface area contributed by atoms with Gasteiger partial charge in [0.05, 0.1) is 5.92 Å². The Hall–Kier alpha value is -1.88. The highest BCUT2D eigenvalue weighted by Crippen LogP contribution is 2.20. The van der Waals surface area contributed by atoms with Crippen molar-refractivity contribution < 1.29 is 14.7 Å². The van der Waals surface area contributed by atoms with E-state index in [-0.39, 0.29) is 12.5 Å². The van der Waals surface area contributed by atoms with Crippen LogP contribution in [0.25, 0.3) is 0 Å². The van der Waals surface area contributed by atoms with E-state index >= 15 is 0 Å². The fraction of sp³-hybridized carbons (Fsp3) is 0.385. The summed E-state index contributed by atoms with van der Waals surface area (Å²) >= 11 is 0. The molecule has 1 heterocycles. The molecule has 1 fully saturated rings. The van der Waals surface area contributed by atoms with Gasteiger partial charge >= 0.3 is 5.97 Å². The van der Waals surface area contributed by atoms with Gasteiger partial charge in [-0.3, -0.25) is 9.59 Å². The molecule has 1 amide bonds. The summed E-state index contributed by atoms with van der Waals surface area (Å²) in [6, 6.07) is 8.40. The molecular weight excluding hydrogens is 232 g/mol. The number of carbonyl (C=O) groups excluding carboxylic acids is 1. The maximum absolute atomic E-state index is 12.1. The molecule has 0 aliphatic carbocycles. The van der Waals surface area contributed by atoms with Crippen LogP contribution in [-0.2, 0) is 9.59 Å². The highest BCUT2D eigenvalue weighted by atomic mass is 16.4. The third-order valence-electron chi connectivity index (χ3n) is 3.27. The predicted octanol–water partition coefficient (Wildman–Crippen LogP) is 0.620. The number of hydrogen-bond donors (Lipinski definition) is 2. The van der Waals surface area contributed by atoms with E-state index in [0.29, 0.717) is 13.0 Å². The molecular formula is C13H16N2O3. The molecule has 0 saturated carbocycles. The number of likely N-dealkylation sites (tertiary alicyclic amines) is 1. The average Bonchev–Trinajstić information content (AvgIpc) is 2.88. The third-order valence-corrected chi connectivity index (χ3v) is 3.27. The number of nitrogens with two attached hydrogens (primary N) is 1. The molecule has 5 nitrogen and oxygen atoms in total. The monoisotopic (exact) mass is 248 g/mol. The molecule has 96 valence electrons. The second kappa shape index (κ2) is 5.18. The summed E-state index contributed by atoms with van der Waals surface area (Å²) in [6.45, 7) is 0.727. The van der Waals surface area contributed by atoms with Crippen LogP contribution in [0.2, 0.25) is 0 Å². The predicted molar refractivity (Wildman–Crippen MR) is 65.7 cm³/mol. The number of amides is 1. The highest BCUT2D eigenvalue weighted by molar-refractivity contribution is 5.84. The van der Waals surface area contributed by atoms with Crippen LogP contribution >= 0.6 is 0 Å². The molecule has 18 heavy (non-hydrogen) atoms. The Morgan fingerprint density at radius 1 is 1.33 bits per heavy atom. The van der Waals surface area contributed by atoms with E-state index in [1.54, 1.807) is 12.1 Å². The fourth-order valence-corrected chi connectivity index (χ4v) is 2.16. The number of hydrogen-bond acceptors (Lipinski definition) is 3. The number of nitrogens with zero attached hydrogens (tertiary/aromatic N) is 1. The topological polar surface area (TPSA) is 83.6 Å². The second-order valence-electron chi connectivity index (χ2n) is 4.50. The molecule has 2 atom stereocenters. The van der Waals surface area contributed by atoms with Gasteiger partial charge in [0.15, 0.2) is 0 Å². The fourth-order valence-electron chi connectivity index (χ4n) is 2.16. The zero-order chi connectivity index (χ0) is 13.1. The number of benzene rings is 1. The van der Waals surface area contributed by atoms with Gasteiger partial charge in [-0.15, -0.1) is 0 Å². The van der Waals surface area contributed by atoms with Crippen LogP contribution in [-0.4, -0.2) is 35.0 Å². The Bertz CT molecular complexity index is 447. The van der Waals surface area contributed by atoms with Gasteiger partial charge in [0.1, 0.15) is 6.04 Å². The molecule has 0 aromatic heterocycles. The lowest BCUT2D eigenvalue weighted by molar-refractivity contribution is -0.141. The van der Waals surface area contributed by atoms with Gasteiger partial charge in [-0.1, -0.05) is 30.3 Å².